The molecule has 0 aliphatic rings. The van der Waals surface area contributed by atoms with Crippen LogP contribution in [0.1, 0.15) is 10.4 Å². The summed E-state index contributed by atoms with van der Waals surface area (Å²) < 4.78 is 13.4. The molecule has 2 rings (SSSR count). The largest absolute Gasteiger partial charge is 0.381 e. The van der Waals surface area contributed by atoms with Crippen LogP contribution < -0.4 is 11.1 Å². The number of H-pyrrole nitrogens is 1. The van der Waals surface area contributed by atoms with Crippen LogP contribution >= 0.6 is 0 Å². The SMILES string of the molecule is Nc1nccc(C(=O)Nc2ncc[nH]2)c1F. The topological polar surface area (TPSA) is 96.7 Å². The fourth-order valence-electron chi connectivity index (χ4n) is 1.14. The van der Waals surface area contributed by atoms with Crippen LogP contribution in [0.2, 0.25) is 0 Å². The highest BCUT2D eigenvalue weighted by Gasteiger charge is 2.15. The van der Waals surface area contributed by atoms with E-state index in [9.17, 15) is 9.18 Å². The van der Waals surface area contributed by atoms with Gasteiger partial charge in [-0.1, -0.05) is 0 Å². The summed E-state index contributed by atoms with van der Waals surface area (Å²) in [5.74, 6) is -1.56. The molecular weight excluding hydrogens is 213 g/mol. The van der Waals surface area contributed by atoms with Gasteiger partial charge in [0.15, 0.2) is 11.6 Å². The Bertz CT molecular complexity index is 511. The summed E-state index contributed by atoms with van der Waals surface area (Å²) in [5.41, 5.74) is 5.07. The zero-order valence-electron chi connectivity index (χ0n) is 8.07. The molecule has 7 heteroatoms. The molecule has 0 radical (unpaired) electrons. The third-order valence-electron chi connectivity index (χ3n) is 1.89. The molecule has 4 N–H and O–H groups in total. The summed E-state index contributed by atoms with van der Waals surface area (Å²) in [7, 11) is 0. The van der Waals surface area contributed by atoms with E-state index >= 15 is 0 Å². The van der Waals surface area contributed by atoms with E-state index in [-0.39, 0.29) is 17.3 Å². The van der Waals surface area contributed by atoms with Crippen LogP contribution in [-0.4, -0.2) is 20.9 Å². The van der Waals surface area contributed by atoms with E-state index in [0.29, 0.717) is 0 Å². The second-order valence-corrected chi connectivity index (χ2v) is 2.95. The molecule has 0 spiro atoms. The Labute approximate surface area is 89.7 Å². The van der Waals surface area contributed by atoms with Gasteiger partial charge in [-0.2, -0.15) is 0 Å². The lowest BCUT2D eigenvalue weighted by molar-refractivity contribution is 0.102. The predicted octanol–water partition coefficient (Wildman–Crippen LogP) is 0.778. The summed E-state index contributed by atoms with van der Waals surface area (Å²) in [6.07, 6.45) is 4.26. The van der Waals surface area contributed by atoms with Crippen molar-refractivity contribution in [2.75, 3.05) is 11.1 Å². The number of imidazole rings is 1. The van der Waals surface area contributed by atoms with E-state index in [1.54, 1.807) is 0 Å². The summed E-state index contributed by atoms with van der Waals surface area (Å²) in [4.78, 5) is 21.5. The number of anilines is 2. The minimum Gasteiger partial charge on any atom is -0.381 e. The van der Waals surface area contributed by atoms with Gasteiger partial charge in [-0.3, -0.25) is 10.1 Å². The third kappa shape index (κ3) is 1.83. The van der Waals surface area contributed by atoms with Gasteiger partial charge in [-0.15, -0.1) is 0 Å². The minimum absolute atomic E-state index is 0.177. The molecule has 0 unspecified atom stereocenters. The molecule has 82 valence electrons. The van der Waals surface area contributed by atoms with Crippen molar-refractivity contribution in [2.24, 2.45) is 0 Å². The number of halogens is 1. The maximum atomic E-state index is 13.4. The van der Waals surface area contributed by atoms with Crippen LogP contribution in [0.3, 0.4) is 0 Å². The van der Waals surface area contributed by atoms with Gasteiger partial charge in [-0.25, -0.2) is 14.4 Å². The van der Waals surface area contributed by atoms with Gasteiger partial charge >= 0.3 is 0 Å². The van der Waals surface area contributed by atoms with Gasteiger partial charge in [0, 0.05) is 18.6 Å². The monoisotopic (exact) mass is 221 g/mol. The second-order valence-electron chi connectivity index (χ2n) is 2.95. The van der Waals surface area contributed by atoms with E-state index in [4.69, 9.17) is 5.73 Å². The predicted molar refractivity (Wildman–Crippen MR) is 55.1 cm³/mol. The van der Waals surface area contributed by atoms with Crippen LogP contribution in [0.15, 0.2) is 24.7 Å². The molecular formula is C9H8FN5O. The molecule has 2 aromatic rings. The molecule has 1 amide bonds. The number of nitrogen functional groups attached to an aromatic ring is 1. The van der Waals surface area contributed by atoms with Crippen molar-refractivity contribution < 1.29 is 9.18 Å². The zero-order valence-corrected chi connectivity index (χ0v) is 8.07. The van der Waals surface area contributed by atoms with E-state index in [2.05, 4.69) is 20.3 Å². The molecule has 6 nitrogen and oxygen atoms in total. The van der Waals surface area contributed by atoms with Gasteiger partial charge in [-0.05, 0) is 6.07 Å². The first kappa shape index (κ1) is 10.1. The molecule has 0 saturated heterocycles. The molecule has 0 aliphatic heterocycles. The van der Waals surface area contributed by atoms with Gasteiger partial charge in [0.1, 0.15) is 0 Å². The van der Waals surface area contributed by atoms with Gasteiger partial charge in [0.05, 0.1) is 5.56 Å². The van der Waals surface area contributed by atoms with Crippen LogP contribution in [0.4, 0.5) is 16.2 Å². The summed E-state index contributed by atoms with van der Waals surface area (Å²) >= 11 is 0. The van der Waals surface area contributed by atoms with Crippen molar-refractivity contribution in [1.82, 2.24) is 15.0 Å². The number of rotatable bonds is 2. The Morgan fingerprint density at radius 3 is 2.94 bits per heavy atom. The number of carbonyl (C=O) groups excluding carboxylic acids is 1. The highest BCUT2D eigenvalue weighted by molar-refractivity contribution is 6.03. The molecule has 0 aromatic carbocycles. The van der Waals surface area contributed by atoms with Gasteiger partial charge in [0.2, 0.25) is 5.95 Å². The zero-order chi connectivity index (χ0) is 11.5. The molecule has 0 bridgehead atoms. The van der Waals surface area contributed by atoms with Crippen molar-refractivity contribution in [3.63, 3.8) is 0 Å². The van der Waals surface area contributed by atoms with Crippen LogP contribution in [-0.2, 0) is 0 Å². The summed E-state index contributed by atoms with van der Waals surface area (Å²) in [5, 5.41) is 2.38. The summed E-state index contributed by atoms with van der Waals surface area (Å²) in [6.45, 7) is 0. The summed E-state index contributed by atoms with van der Waals surface area (Å²) in [6, 6.07) is 1.24. The number of hydrogen-bond donors (Lipinski definition) is 3. The van der Waals surface area contributed by atoms with Crippen molar-refractivity contribution in [3.8, 4) is 0 Å². The Hall–Kier alpha value is -2.44. The van der Waals surface area contributed by atoms with Crippen molar-refractivity contribution >= 4 is 17.7 Å². The van der Waals surface area contributed by atoms with E-state index in [1.165, 1.54) is 24.7 Å². The van der Waals surface area contributed by atoms with Crippen molar-refractivity contribution in [2.45, 2.75) is 0 Å². The third-order valence-corrected chi connectivity index (χ3v) is 1.89. The van der Waals surface area contributed by atoms with Crippen molar-refractivity contribution in [3.05, 3.63) is 36.0 Å². The van der Waals surface area contributed by atoms with Gasteiger partial charge in [0.25, 0.3) is 5.91 Å². The number of nitrogens with zero attached hydrogens (tertiary/aromatic N) is 2. The number of hydrogen-bond acceptors (Lipinski definition) is 4. The maximum Gasteiger partial charge on any atom is 0.261 e. The first-order valence-corrected chi connectivity index (χ1v) is 4.39. The Kier molecular flexibility index (Phi) is 2.50. The molecule has 0 saturated carbocycles. The highest BCUT2D eigenvalue weighted by Crippen LogP contribution is 2.12. The number of carbonyl (C=O) groups is 1. The molecule has 0 atom stereocenters. The lowest BCUT2D eigenvalue weighted by atomic mass is 10.2. The fourth-order valence-corrected chi connectivity index (χ4v) is 1.14. The average molecular weight is 221 g/mol. The molecule has 0 fully saturated rings. The normalized spacial score (nSPS) is 10.1. The Morgan fingerprint density at radius 2 is 2.25 bits per heavy atom. The average Bonchev–Trinajstić information content (AvgIpc) is 2.74. The first-order chi connectivity index (χ1) is 7.68. The minimum atomic E-state index is -0.841. The lowest BCUT2D eigenvalue weighted by Gasteiger charge is -2.04. The smallest absolute Gasteiger partial charge is 0.261 e. The second kappa shape index (κ2) is 3.97. The Morgan fingerprint density at radius 1 is 1.44 bits per heavy atom. The number of nitrogens with one attached hydrogen (secondary N) is 2. The maximum absolute atomic E-state index is 13.4. The van der Waals surface area contributed by atoms with Crippen molar-refractivity contribution in [1.29, 1.82) is 0 Å². The molecule has 2 heterocycles. The van der Waals surface area contributed by atoms with Crippen LogP contribution in [0.25, 0.3) is 0 Å². The molecule has 16 heavy (non-hydrogen) atoms. The number of aromatic amines is 1. The fraction of sp³-hybridized carbons (Fsp3) is 0. The standard InChI is InChI=1S/C9H8FN5O/c10-6-5(1-2-12-7(6)11)8(16)15-9-13-3-4-14-9/h1-4H,(H2,11,12)(H2,13,14,15,16). The van der Waals surface area contributed by atoms with Crippen LogP contribution in [0.5, 0.6) is 0 Å². The van der Waals surface area contributed by atoms with Crippen LogP contribution in [0, 0.1) is 5.82 Å². The quantitative estimate of drug-likeness (QED) is 0.698. The first-order valence-electron chi connectivity index (χ1n) is 4.39. The molecule has 2 aromatic heterocycles. The number of aromatic nitrogens is 3. The van der Waals surface area contributed by atoms with E-state index < -0.39 is 11.7 Å². The number of amides is 1. The van der Waals surface area contributed by atoms with Gasteiger partial charge < -0.3 is 10.7 Å². The number of nitrogens with two attached hydrogens (primary N) is 1. The highest BCUT2D eigenvalue weighted by atomic mass is 19.1. The molecule has 0 aliphatic carbocycles. The number of pyridine rings is 1. The van der Waals surface area contributed by atoms with E-state index in [0.717, 1.165) is 0 Å². The lowest BCUT2D eigenvalue weighted by Crippen LogP contribution is -2.16. The Balaban J connectivity index is 2.24. The van der Waals surface area contributed by atoms with E-state index in [1.807, 2.05) is 0 Å².